The van der Waals surface area contributed by atoms with E-state index >= 15 is 0 Å². The smallest absolute Gasteiger partial charge is 0.338 e. The minimum atomic E-state index is -0.477. The Labute approximate surface area is 162 Å². The normalized spacial score (nSPS) is 17.2. The van der Waals surface area contributed by atoms with E-state index in [9.17, 15) is 4.79 Å². The largest absolute Gasteiger partial charge is 0.360 e. The third kappa shape index (κ3) is 3.17. The maximum absolute atomic E-state index is 13.4. The molecule has 0 saturated carbocycles. The first-order chi connectivity index (χ1) is 13.0. The lowest BCUT2D eigenvalue weighted by Gasteiger charge is -2.41. The molecule has 6 nitrogen and oxygen atoms in total. The predicted molar refractivity (Wildman–Crippen MR) is 108 cm³/mol. The van der Waals surface area contributed by atoms with Gasteiger partial charge in [-0.2, -0.15) is 0 Å². The highest BCUT2D eigenvalue weighted by atomic mass is 32.1. The maximum Gasteiger partial charge on any atom is 0.338 e. The van der Waals surface area contributed by atoms with Crippen molar-refractivity contribution in [3.63, 3.8) is 0 Å². The molecule has 0 radical (unpaired) electrons. The minimum absolute atomic E-state index is 0.288. The predicted octanol–water partition coefficient (Wildman–Crippen LogP) is 4.31. The van der Waals surface area contributed by atoms with Gasteiger partial charge in [0.25, 0.3) is 0 Å². The van der Waals surface area contributed by atoms with Gasteiger partial charge >= 0.3 is 6.03 Å². The Balaban J connectivity index is 1.79. The zero-order valence-electron chi connectivity index (χ0n) is 14.9. The molecule has 2 aromatic carbocycles. The van der Waals surface area contributed by atoms with Crippen LogP contribution in [-0.4, -0.2) is 16.3 Å². The van der Waals surface area contributed by atoms with Crippen molar-refractivity contribution in [1.29, 1.82) is 0 Å². The third-order valence-electron chi connectivity index (χ3n) is 4.39. The summed E-state index contributed by atoms with van der Waals surface area (Å²) >= 11 is 5.52. The zero-order chi connectivity index (χ0) is 19.0. The number of aryl methyl sites for hydroxylation is 2. The van der Waals surface area contributed by atoms with Crippen molar-refractivity contribution in [1.82, 2.24) is 10.5 Å². The number of para-hydroxylation sites is 1. The molecule has 2 heterocycles. The molecule has 2 amide bonds. The van der Waals surface area contributed by atoms with Crippen molar-refractivity contribution in [2.24, 2.45) is 0 Å². The van der Waals surface area contributed by atoms with Crippen molar-refractivity contribution in [3.8, 4) is 0 Å². The van der Waals surface area contributed by atoms with Gasteiger partial charge in [-0.3, -0.25) is 0 Å². The van der Waals surface area contributed by atoms with E-state index in [0.717, 1.165) is 11.1 Å². The average Bonchev–Trinajstić information content (AvgIpc) is 3.08. The number of hydrogen-bond donors (Lipinski definition) is 1. The first kappa shape index (κ1) is 17.2. The number of nitrogens with zero attached hydrogens (tertiary/aromatic N) is 3. The summed E-state index contributed by atoms with van der Waals surface area (Å²) in [6, 6.07) is 18.7. The maximum atomic E-state index is 13.4. The van der Waals surface area contributed by atoms with Gasteiger partial charge in [-0.05, 0) is 43.8 Å². The molecule has 27 heavy (non-hydrogen) atoms. The van der Waals surface area contributed by atoms with Gasteiger partial charge in [0.15, 0.2) is 10.9 Å². The molecule has 4 rings (SSSR count). The van der Waals surface area contributed by atoms with Gasteiger partial charge in [0.2, 0.25) is 0 Å². The second-order valence-electron chi connectivity index (χ2n) is 6.38. The molecule has 1 atom stereocenters. The number of hydrogen-bond acceptors (Lipinski definition) is 4. The fourth-order valence-corrected chi connectivity index (χ4v) is 3.33. The van der Waals surface area contributed by atoms with E-state index in [1.807, 2.05) is 61.5 Å². The lowest BCUT2D eigenvalue weighted by atomic mass is 10.1. The summed E-state index contributed by atoms with van der Waals surface area (Å²) in [7, 11) is 0. The number of aromatic nitrogens is 1. The van der Waals surface area contributed by atoms with Crippen LogP contribution in [0.25, 0.3) is 0 Å². The minimum Gasteiger partial charge on any atom is -0.360 e. The Morgan fingerprint density at radius 1 is 1.07 bits per heavy atom. The molecule has 0 aliphatic carbocycles. The molecule has 1 saturated heterocycles. The van der Waals surface area contributed by atoms with E-state index in [-0.39, 0.29) is 6.03 Å². The van der Waals surface area contributed by atoms with Crippen molar-refractivity contribution in [2.45, 2.75) is 20.0 Å². The van der Waals surface area contributed by atoms with Gasteiger partial charge in [0.1, 0.15) is 11.9 Å². The van der Waals surface area contributed by atoms with E-state index in [2.05, 4.69) is 10.5 Å². The molecular formula is C20H18N4O2S. The molecular weight excluding hydrogens is 360 g/mol. The number of benzene rings is 2. The van der Waals surface area contributed by atoms with Crippen LogP contribution in [-0.2, 0) is 0 Å². The number of urea groups is 1. The van der Waals surface area contributed by atoms with Gasteiger partial charge < -0.3 is 9.84 Å². The van der Waals surface area contributed by atoms with Crippen molar-refractivity contribution >= 4 is 34.9 Å². The summed E-state index contributed by atoms with van der Waals surface area (Å²) in [5.41, 5.74) is 2.73. The van der Waals surface area contributed by atoms with Gasteiger partial charge in [-0.1, -0.05) is 53.2 Å². The third-order valence-corrected chi connectivity index (χ3v) is 4.69. The van der Waals surface area contributed by atoms with Gasteiger partial charge in [0, 0.05) is 6.07 Å². The number of thiocarbonyl (C=S) groups is 1. The molecule has 1 aliphatic heterocycles. The van der Waals surface area contributed by atoms with Crippen LogP contribution >= 0.6 is 12.2 Å². The summed E-state index contributed by atoms with van der Waals surface area (Å²) < 4.78 is 5.21. The second-order valence-corrected chi connectivity index (χ2v) is 6.77. The lowest BCUT2D eigenvalue weighted by molar-refractivity contribution is 0.248. The van der Waals surface area contributed by atoms with Crippen molar-refractivity contribution in [3.05, 3.63) is 77.6 Å². The Bertz CT molecular complexity index is 985. The summed E-state index contributed by atoms with van der Waals surface area (Å²) in [6.45, 7) is 3.81. The van der Waals surface area contributed by atoms with E-state index in [0.29, 0.717) is 22.4 Å². The van der Waals surface area contributed by atoms with Crippen LogP contribution in [0.1, 0.15) is 23.1 Å². The Hall–Kier alpha value is -3.19. The highest BCUT2D eigenvalue weighted by Crippen LogP contribution is 2.32. The SMILES string of the molecule is Cc1ccc(C2NC(=S)N(c3ccccc3)C(=O)N2c2cc(C)on2)cc1. The second kappa shape index (κ2) is 6.85. The fourth-order valence-electron chi connectivity index (χ4n) is 3.03. The summed E-state index contributed by atoms with van der Waals surface area (Å²) in [6.07, 6.45) is -0.477. The Morgan fingerprint density at radius 3 is 2.41 bits per heavy atom. The van der Waals surface area contributed by atoms with Gasteiger partial charge in [-0.25, -0.2) is 14.6 Å². The molecule has 1 N–H and O–H groups in total. The number of nitrogens with one attached hydrogen (secondary N) is 1. The zero-order valence-corrected chi connectivity index (χ0v) is 15.7. The molecule has 1 fully saturated rings. The molecule has 7 heteroatoms. The summed E-state index contributed by atoms with van der Waals surface area (Å²) in [5.74, 6) is 1.05. The van der Waals surface area contributed by atoms with E-state index < -0.39 is 6.17 Å². The van der Waals surface area contributed by atoms with Crippen LogP contribution in [0.15, 0.2) is 65.2 Å². The summed E-state index contributed by atoms with van der Waals surface area (Å²) in [5, 5.41) is 7.67. The standard InChI is InChI=1S/C20H18N4O2S/c1-13-8-10-15(11-9-13)18-21-19(27)23(16-6-4-3-5-7-16)20(25)24(18)17-12-14(2)26-22-17/h3-12,18H,1-2H3,(H,21,27). The van der Waals surface area contributed by atoms with Crippen LogP contribution in [0.2, 0.25) is 0 Å². The van der Waals surface area contributed by atoms with Crippen LogP contribution in [0, 0.1) is 13.8 Å². The fraction of sp³-hybridized carbons (Fsp3) is 0.150. The molecule has 1 aromatic heterocycles. The Kier molecular flexibility index (Phi) is 4.37. The highest BCUT2D eigenvalue weighted by Gasteiger charge is 2.40. The number of anilines is 2. The van der Waals surface area contributed by atoms with Crippen LogP contribution in [0.3, 0.4) is 0 Å². The molecule has 0 spiro atoms. The topological polar surface area (TPSA) is 61.6 Å². The van der Waals surface area contributed by atoms with E-state index in [1.165, 1.54) is 4.90 Å². The lowest BCUT2D eigenvalue weighted by Crippen LogP contribution is -2.61. The van der Waals surface area contributed by atoms with E-state index in [1.54, 1.807) is 17.9 Å². The van der Waals surface area contributed by atoms with E-state index in [4.69, 9.17) is 16.7 Å². The van der Waals surface area contributed by atoms with Crippen molar-refractivity contribution in [2.75, 3.05) is 9.80 Å². The monoisotopic (exact) mass is 378 g/mol. The van der Waals surface area contributed by atoms with Gasteiger partial charge in [0.05, 0.1) is 5.69 Å². The van der Waals surface area contributed by atoms with Crippen molar-refractivity contribution < 1.29 is 9.32 Å². The number of carbonyl (C=O) groups excluding carboxylic acids is 1. The van der Waals surface area contributed by atoms with Crippen LogP contribution in [0.5, 0.6) is 0 Å². The Morgan fingerprint density at radius 2 is 1.78 bits per heavy atom. The number of amides is 2. The first-order valence-corrected chi connectivity index (χ1v) is 8.94. The first-order valence-electron chi connectivity index (χ1n) is 8.53. The number of rotatable bonds is 3. The molecule has 1 unspecified atom stereocenters. The number of carbonyl (C=O) groups is 1. The molecule has 1 aliphatic rings. The molecule has 3 aromatic rings. The quantitative estimate of drug-likeness (QED) is 0.688. The van der Waals surface area contributed by atoms with Crippen LogP contribution in [0.4, 0.5) is 16.3 Å². The molecule has 0 bridgehead atoms. The van der Waals surface area contributed by atoms with Gasteiger partial charge in [-0.15, -0.1) is 0 Å². The molecule has 136 valence electrons. The average molecular weight is 378 g/mol. The summed E-state index contributed by atoms with van der Waals surface area (Å²) in [4.78, 5) is 16.5. The van der Waals surface area contributed by atoms with Crippen LogP contribution < -0.4 is 15.1 Å². The highest BCUT2D eigenvalue weighted by molar-refractivity contribution is 7.80.